The van der Waals surface area contributed by atoms with Crippen LogP contribution in [-0.4, -0.2) is 6.54 Å². The number of unbranched alkanes of at least 4 members (excludes halogenated alkanes) is 2. The molecular formula is C11H13IN2. The van der Waals surface area contributed by atoms with Crippen molar-refractivity contribution in [2.75, 3.05) is 11.9 Å². The number of para-hydroxylation sites is 1. The van der Waals surface area contributed by atoms with Crippen molar-refractivity contribution in [1.29, 1.82) is 5.26 Å². The normalized spacial score (nSPS) is 9.43. The Labute approximate surface area is 98.5 Å². The van der Waals surface area contributed by atoms with Gasteiger partial charge >= 0.3 is 0 Å². The van der Waals surface area contributed by atoms with Gasteiger partial charge in [-0.25, -0.2) is 0 Å². The maximum atomic E-state index is 8.36. The molecule has 0 amide bonds. The highest BCUT2D eigenvalue weighted by Gasteiger charge is 1.95. The highest BCUT2D eigenvalue weighted by atomic mass is 127. The van der Waals surface area contributed by atoms with Crippen molar-refractivity contribution in [1.82, 2.24) is 0 Å². The summed E-state index contributed by atoms with van der Waals surface area (Å²) in [5, 5.41) is 11.7. The third kappa shape index (κ3) is 3.97. The van der Waals surface area contributed by atoms with Crippen LogP contribution in [0.5, 0.6) is 0 Å². The van der Waals surface area contributed by atoms with E-state index < -0.39 is 0 Å². The van der Waals surface area contributed by atoms with Gasteiger partial charge in [0.05, 0.1) is 6.07 Å². The van der Waals surface area contributed by atoms with E-state index in [-0.39, 0.29) is 0 Å². The molecule has 0 atom stereocenters. The van der Waals surface area contributed by atoms with E-state index in [0.29, 0.717) is 6.42 Å². The van der Waals surface area contributed by atoms with Crippen molar-refractivity contribution in [3.05, 3.63) is 27.8 Å². The smallest absolute Gasteiger partial charge is 0.0621 e. The maximum absolute atomic E-state index is 8.36. The van der Waals surface area contributed by atoms with Crippen LogP contribution in [0.25, 0.3) is 0 Å². The van der Waals surface area contributed by atoms with E-state index in [1.54, 1.807) is 0 Å². The molecule has 0 saturated heterocycles. The molecule has 14 heavy (non-hydrogen) atoms. The Bertz CT molecular complexity index is 317. The van der Waals surface area contributed by atoms with Gasteiger partial charge in [-0.15, -0.1) is 0 Å². The standard InChI is InChI=1S/C11H13IN2/c12-10-6-2-3-7-11(10)14-9-5-1-4-8-13/h2-3,6-7,14H,1,4-5,9H2. The molecule has 3 heteroatoms. The van der Waals surface area contributed by atoms with Crippen LogP contribution in [0, 0.1) is 14.9 Å². The third-order valence-corrected chi connectivity index (χ3v) is 2.85. The second-order valence-electron chi connectivity index (χ2n) is 3.02. The number of halogens is 1. The first-order valence-corrected chi connectivity index (χ1v) is 5.78. The molecule has 0 heterocycles. The van der Waals surface area contributed by atoms with Gasteiger partial charge in [0.25, 0.3) is 0 Å². The fourth-order valence-electron chi connectivity index (χ4n) is 1.16. The number of anilines is 1. The van der Waals surface area contributed by atoms with Gasteiger partial charge < -0.3 is 5.32 Å². The molecule has 74 valence electrons. The van der Waals surface area contributed by atoms with E-state index in [1.807, 2.05) is 12.1 Å². The van der Waals surface area contributed by atoms with Crippen molar-refractivity contribution in [3.63, 3.8) is 0 Å². The van der Waals surface area contributed by atoms with Crippen LogP contribution >= 0.6 is 22.6 Å². The summed E-state index contributed by atoms with van der Waals surface area (Å²) in [7, 11) is 0. The molecule has 1 rings (SSSR count). The third-order valence-electron chi connectivity index (χ3n) is 1.90. The van der Waals surface area contributed by atoms with Crippen molar-refractivity contribution in [3.8, 4) is 6.07 Å². The van der Waals surface area contributed by atoms with Crippen LogP contribution in [0.2, 0.25) is 0 Å². The van der Waals surface area contributed by atoms with E-state index in [4.69, 9.17) is 5.26 Å². The fraction of sp³-hybridized carbons (Fsp3) is 0.364. The van der Waals surface area contributed by atoms with E-state index in [9.17, 15) is 0 Å². The topological polar surface area (TPSA) is 35.8 Å². The second-order valence-corrected chi connectivity index (χ2v) is 4.18. The van der Waals surface area contributed by atoms with Crippen molar-refractivity contribution < 1.29 is 0 Å². The van der Waals surface area contributed by atoms with Gasteiger partial charge in [-0.2, -0.15) is 5.26 Å². The number of nitrogens with zero attached hydrogens (tertiary/aromatic N) is 1. The number of nitriles is 1. The average molecular weight is 300 g/mol. The number of hydrogen-bond donors (Lipinski definition) is 1. The first-order valence-electron chi connectivity index (χ1n) is 4.70. The van der Waals surface area contributed by atoms with Crippen LogP contribution in [0.3, 0.4) is 0 Å². The Morgan fingerprint density at radius 2 is 2.07 bits per heavy atom. The van der Waals surface area contributed by atoms with E-state index in [2.05, 4.69) is 46.1 Å². The lowest BCUT2D eigenvalue weighted by Gasteiger charge is -2.06. The summed E-state index contributed by atoms with van der Waals surface area (Å²) in [5.74, 6) is 0. The Hall–Kier alpha value is -0.760. The van der Waals surface area contributed by atoms with Gasteiger partial charge in [-0.05, 0) is 47.6 Å². The SMILES string of the molecule is N#CCCCCNc1ccccc1I. The van der Waals surface area contributed by atoms with Crippen molar-refractivity contribution in [2.24, 2.45) is 0 Å². The summed E-state index contributed by atoms with van der Waals surface area (Å²) in [5.41, 5.74) is 1.19. The van der Waals surface area contributed by atoms with Crippen LogP contribution < -0.4 is 5.32 Å². The Morgan fingerprint density at radius 1 is 1.29 bits per heavy atom. The maximum Gasteiger partial charge on any atom is 0.0621 e. The predicted octanol–water partition coefficient (Wildman–Crippen LogP) is 3.40. The Balaban J connectivity index is 2.25. The molecule has 2 nitrogen and oxygen atoms in total. The fourth-order valence-corrected chi connectivity index (χ4v) is 1.73. The molecule has 0 radical (unpaired) electrons. The molecule has 0 spiro atoms. The minimum absolute atomic E-state index is 0.660. The van der Waals surface area contributed by atoms with Crippen LogP contribution in [0.15, 0.2) is 24.3 Å². The number of hydrogen-bond acceptors (Lipinski definition) is 2. The molecule has 0 aliphatic rings. The number of rotatable bonds is 5. The first-order chi connectivity index (χ1) is 6.84. The zero-order valence-electron chi connectivity index (χ0n) is 7.96. The van der Waals surface area contributed by atoms with Crippen LogP contribution in [0.1, 0.15) is 19.3 Å². The molecule has 0 aliphatic carbocycles. The molecule has 1 aromatic rings. The molecule has 0 unspecified atom stereocenters. The number of benzene rings is 1. The largest absolute Gasteiger partial charge is 0.384 e. The summed E-state index contributed by atoms with van der Waals surface area (Å²) >= 11 is 2.31. The summed E-state index contributed by atoms with van der Waals surface area (Å²) in [4.78, 5) is 0. The lowest BCUT2D eigenvalue weighted by molar-refractivity contribution is 0.784. The lowest BCUT2D eigenvalue weighted by atomic mass is 10.2. The van der Waals surface area contributed by atoms with Gasteiger partial charge in [0, 0.05) is 22.2 Å². The summed E-state index contributed by atoms with van der Waals surface area (Å²) in [6.45, 7) is 0.946. The minimum Gasteiger partial charge on any atom is -0.384 e. The zero-order valence-corrected chi connectivity index (χ0v) is 10.1. The van der Waals surface area contributed by atoms with E-state index in [1.165, 1.54) is 9.26 Å². The van der Waals surface area contributed by atoms with Gasteiger partial charge in [0.2, 0.25) is 0 Å². The molecule has 1 aromatic carbocycles. The number of nitrogens with one attached hydrogen (secondary N) is 1. The summed E-state index contributed by atoms with van der Waals surface area (Å²) < 4.78 is 1.24. The average Bonchev–Trinajstić information content (AvgIpc) is 2.20. The van der Waals surface area contributed by atoms with E-state index >= 15 is 0 Å². The molecule has 0 bridgehead atoms. The molecule has 0 saturated carbocycles. The molecule has 0 fully saturated rings. The zero-order chi connectivity index (χ0) is 10.2. The summed E-state index contributed by atoms with van der Waals surface area (Å²) in [6.07, 6.45) is 2.69. The van der Waals surface area contributed by atoms with Crippen molar-refractivity contribution in [2.45, 2.75) is 19.3 Å². The quantitative estimate of drug-likeness (QED) is 0.668. The van der Waals surface area contributed by atoms with E-state index in [0.717, 1.165) is 19.4 Å². The molecule has 0 aromatic heterocycles. The van der Waals surface area contributed by atoms with Gasteiger partial charge in [-0.3, -0.25) is 0 Å². The first kappa shape index (κ1) is 11.3. The Morgan fingerprint density at radius 3 is 2.79 bits per heavy atom. The van der Waals surface area contributed by atoms with Gasteiger partial charge in [0.15, 0.2) is 0 Å². The van der Waals surface area contributed by atoms with Crippen LogP contribution in [-0.2, 0) is 0 Å². The Kier molecular flexibility index (Phi) is 5.38. The molecular weight excluding hydrogens is 287 g/mol. The monoisotopic (exact) mass is 300 g/mol. The molecule has 1 N–H and O–H groups in total. The minimum atomic E-state index is 0.660. The highest BCUT2D eigenvalue weighted by molar-refractivity contribution is 14.1. The predicted molar refractivity (Wildman–Crippen MR) is 67.1 cm³/mol. The lowest BCUT2D eigenvalue weighted by Crippen LogP contribution is -2.02. The highest BCUT2D eigenvalue weighted by Crippen LogP contribution is 2.16. The van der Waals surface area contributed by atoms with Gasteiger partial charge in [0.1, 0.15) is 0 Å². The van der Waals surface area contributed by atoms with Gasteiger partial charge in [-0.1, -0.05) is 12.1 Å². The second kappa shape index (κ2) is 6.66. The van der Waals surface area contributed by atoms with Crippen molar-refractivity contribution >= 4 is 28.3 Å². The molecule has 0 aliphatic heterocycles. The van der Waals surface area contributed by atoms with Crippen LogP contribution in [0.4, 0.5) is 5.69 Å². The summed E-state index contributed by atoms with van der Waals surface area (Å²) in [6, 6.07) is 10.4.